The van der Waals surface area contributed by atoms with Gasteiger partial charge in [0.15, 0.2) is 11.4 Å². The summed E-state index contributed by atoms with van der Waals surface area (Å²) >= 11 is 0. The first-order valence-corrected chi connectivity index (χ1v) is 12.5. The molecule has 2 aromatic rings. The van der Waals surface area contributed by atoms with E-state index in [4.69, 9.17) is 5.73 Å². The molecule has 1 amide bonds. The Balaban J connectivity index is 1.78. The first-order chi connectivity index (χ1) is 18.4. The minimum Gasteiger partial charge on any atom is -0.508 e. The van der Waals surface area contributed by atoms with E-state index in [0.29, 0.717) is 22.4 Å². The number of fused-ring (bicyclic) bond motifs is 3. The molecule has 204 valence electrons. The second-order valence-corrected chi connectivity index (χ2v) is 10.5. The number of nitrogens with zero attached hydrogens (tertiary/aromatic N) is 2. The first kappa shape index (κ1) is 26.5. The summed E-state index contributed by atoms with van der Waals surface area (Å²) in [5, 5.41) is 48.4. The van der Waals surface area contributed by atoms with Crippen LogP contribution >= 0.6 is 0 Å². The van der Waals surface area contributed by atoms with E-state index in [-0.39, 0.29) is 36.3 Å². The van der Waals surface area contributed by atoms with Gasteiger partial charge in [0.2, 0.25) is 5.78 Å². The largest absolute Gasteiger partial charge is 0.508 e. The molecule has 0 aliphatic heterocycles. The van der Waals surface area contributed by atoms with Crippen LogP contribution in [-0.4, -0.2) is 80.6 Å². The molecule has 1 saturated carbocycles. The summed E-state index contributed by atoms with van der Waals surface area (Å²) in [5.74, 6) is -6.76. The third-order valence-corrected chi connectivity index (χ3v) is 8.11. The lowest BCUT2D eigenvalue weighted by Gasteiger charge is -2.50. The Hall–Kier alpha value is -4.06. The SMILES string of the molecule is CNCc1cc(-c2ccccn2)c2c(c1O)C(O)=C1C(=O)[C@]3(O)C(O)=C(C(N)=O)C(=O)[C@@H](N(C)C)[C@@H]3C[C@@H]1C2. The number of phenolic OH excluding ortho intramolecular Hbond substituents is 1. The molecule has 4 atom stereocenters. The van der Waals surface area contributed by atoms with E-state index in [0.717, 1.165) is 0 Å². The fourth-order valence-electron chi connectivity index (χ4n) is 6.44. The maximum absolute atomic E-state index is 14.0. The Morgan fingerprint density at radius 1 is 1.23 bits per heavy atom. The van der Waals surface area contributed by atoms with Crippen molar-refractivity contribution >= 4 is 23.2 Å². The molecule has 1 heterocycles. The van der Waals surface area contributed by atoms with E-state index >= 15 is 0 Å². The monoisotopic (exact) mass is 534 g/mol. The number of benzene rings is 1. The van der Waals surface area contributed by atoms with Crippen LogP contribution in [0.2, 0.25) is 0 Å². The van der Waals surface area contributed by atoms with Crippen molar-refractivity contribution in [3.05, 3.63) is 64.1 Å². The van der Waals surface area contributed by atoms with Gasteiger partial charge in [0.1, 0.15) is 22.8 Å². The van der Waals surface area contributed by atoms with Crippen LogP contribution in [0.4, 0.5) is 0 Å². The normalized spacial score (nSPS) is 26.4. The average Bonchev–Trinajstić information content (AvgIpc) is 2.88. The van der Waals surface area contributed by atoms with Gasteiger partial charge in [-0.3, -0.25) is 24.3 Å². The third-order valence-electron chi connectivity index (χ3n) is 8.11. The Morgan fingerprint density at radius 2 is 1.95 bits per heavy atom. The topological polar surface area (TPSA) is 186 Å². The number of pyridine rings is 1. The number of aliphatic hydroxyl groups excluding tert-OH is 2. The number of nitrogens with two attached hydrogens (primary N) is 1. The van der Waals surface area contributed by atoms with E-state index in [1.54, 1.807) is 45.5 Å². The second-order valence-electron chi connectivity index (χ2n) is 10.5. The number of likely N-dealkylation sites (N-methyl/N-ethyl adjacent to an activating group) is 1. The number of phenols is 1. The number of aromatic hydroxyl groups is 1. The van der Waals surface area contributed by atoms with Crippen LogP contribution < -0.4 is 11.1 Å². The maximum atomic E-state index is 14.0. The summed E-state index contributed by atoms with van der Waals surface area (Å²) in [5.41, 5.74) is 4.00. The summed E-state index contributed by atoms with van der Waals surface area (Å²) in [7, 11) is 4.83. The Morgan fingerprint density at radius 3 is 2.54 bits per heavy atom. The Bertz CT molecular complexity index is 1480. The molecule has 1 aromatic heterocycles. The van der Waals surface area contributed by atoms with E-state index in [1.807, 2.05) is 6.07 Å². The second kappa shape index (κ2) is 9.30. The number of hydrogen-bond donors (Lipinski definition) is 6. The average molecular weight is 535 g/mol. The molecule has 0 bridgehead atoms. The zero-order valence-electron chi connectivity index (χ0n) is 21.7. The summed E-state index contributed by atoms with van der Waals surface area (Å²) in [6.45, 7) is 0.253. The van der Waals surface area contributed by atoms with Crippen LogP contribution in [-0.2, 0) is 27.3 Å². The van der Waals surface area contributed by atoms with Crippen LogP contribution in [0.3, 0.4) is 0 Å². The van der Waals surface area contributed by atoms with Gasteiger partial charge < -0.3 is 31.5 Å². The molecule has 11 nitrogen and oxygen atoms in total. The van der Waals surface area contributed by atoms with E-state index in [1.165, 1.54) is 4.90 Å². The molecule has 0 unspecified atom stereocenters. The molecule has 1 aromatic carbocycles. The van der Waals surface area contributed by atoms with Gasteiger partial charge in [-0.05, 0) is 63.7 Å². The zero-order valence-corrected chi connectivity index (χ0v) is 21.7. The van der Waals surface area contributed by atoms with Crippen molar-refractivity contribution in [2.24, 2.45) is 17.6 Å². The number of primary amides is 1. The van der Waals surface area contributed by atoms with Gasteiger partial charge in [-0.15, -0.1) is 0 Å². The van der Waals surface area contributed by atoms with Crippen molar-refractivity contribution in [2.45, 2.75) is 31.0 Å². The summed E-state index contributed by atoms with van der Waals surface area (Å²) in [6, 6.07) is 6.03. The van der Waals surface area contributed by atoms with Gasteiger partial charge in [-0.25, -0.2) is 0 Å². The van der Waals surface area contributed by atoms with Crippen molar-refractivity contribution in [3.63, 3.8) is 0 Å². The number of ketones is 2. The van der Waals surface area contributed by atoms with Gasteiger partial charge in [-0.1, -0.05) is 6.07 Å². The van der Waals surface area contributed by atoms with Gasteiger partial charge >= 0.3 is 0 Å². The van der Waals surface area contributed by atoms with Crippen molar-refractivity contribution in [1.82, 2.24) is 15.2 Å². The van der Waals surface area contributed by atoms with E-state index in [2.05, 4.69) is 10.3 Å². The van der Waals surface area contributed by atoms with Crippen LogP contribution in [0.15, 0.2) is 47.4 Å². The predicted molar refractivity (Wildman–Crippen MR) is 140 cm³/mol. The summed E-state index contributed by atoms with van der Waals surface area (Å²) < 4.78 is 0. The van der Waals surface area contributed by atoms with E-state index < -0.39 is 58.0 Å². The molecule has 3 aliphatic rings. The van der Waals surface area contributed by atoms with Gasteiger partial charge in [0, 0.05) is 35.4 Å². The Kier molecular flexibility index (Phi) is 6.33. The fraction of sp³-hybridized carbons (Fsp3) is 0.357. The van der Waals surface area contributed by atoms with Crippen molar-refractivity contribution in [3.8, 4) is 17.0 Å². The molecule has 0 saturated heterocycles. The lowest BCUT2D eigenvalue weighted by molar-refractivity contribution is -0.153. The Labute approximate surface area is 224 Å². The standard InChI is InChI=1S/C28H30N4O7/c1-30-11-13-9-14(17-6-4-5-7-31-17)15-8-12-10-16-21(32(2)3)24(35)20(27(29)38)26(37)28(16,39)25(36)18(12)23(34)19(15)22(13)33/h4-7,9,12,16,21,30,33-34,37,39H,8,10-11H2,1-3H3,(H2,29,38)/t12-,16-,21-,28-/m0/s1. The molecule has 7 N–H and O–H groups in total. The summed E-state index contributed by atoms with van der Waals surface area (Å²) in [4.78, 5) is 45.3. The first-order valence-electron chi connectivity index (χ1n) is 12.5. The third kappa shape index (κ3) is 3.68. The van der Waals surface area contributed by atoms with E-state index in [9.17, 15) is 34.8 Å². The number of carbonyl (C=O) groups excluding carboxylic acids is 3. The van der Waals surface area contributed by atoms with Crippen LogP contribution in [0.25, 0.3) is 17.0 Å². The lowest BCUT2D eigenvalue weighted by atomic mass is 9.57. The number of amides is 1. The smallest absolute Gasteiger partial charge is 0.255 e. The van der Waals surface area contributed by atoms with Gasteiger partial charge in [0.25, 0.3) is 5.91 Å². The number of carbonyl (C=O) groups is 3. The van der Waals surface area contributed by atoms with Crippen LogP contribution in [0, 0.1) is 11.8 Å². The highest BCUT2D eigenvalue weighted by molar-refractivity contribution is 6.24. The highest BCUT2D eigenvalue weighted by Gasteiger charge is 2.64. The quantitative estimate of drug-likeness (QED) is 0.299. The highest BCUT2D eigenvalue weighted by Crippen LogP contribution is 2.54. The number of nitrogens with one attached hydrogen (secondary N) is 1. The van der Waals surface area contributed by atoms with Crippen molar-refractivity contribution in [2.75, 3.05) is 21.1 Å². The molecule has 0 spiro atoms. The molecule has 0 radical (unpaired) electrons. The molecule has 5 rings (SSSR count). The number of hydrogen-bond acceptors (Lipinski definition) is 10. The highest BCUT2D eigenvalue weighted by atomic mass is 16.3. The van der Waals surface area contributed by atoms with Crippen molar-refractivity contribution < 1.29 is 34.8 Å². The minimum absolute atomic E-state index is 0.0203. The van der Waals surface area contributed by atoms with Gasteiger partial charge in [0.05, 0.1) is 17.3 Å². The van der Waals surface area contributed by atoms with Crippen LogP contribution in [0.5, 0.6) is 5.75 Å². The zero-order chi connectivity index (χ0) is 28.4. The number of Topliss-reactive ketones (excluding diaryl/α,β-unsaturated/α-hetero) is 2. The molecule has 3 aliphatic carbocycles. The molecule has 1 fully saturated rings. The maximum Gasteiger partial charge on any atom is 0.255 e. The molecular formula is C28H30N4O7. The number of aromatic nitrogens is 1. The molecule has 11 heteroatoms. The van der Waals surface area contributed by atoms with Crippen LogP contribution in [0.1, 0.15) is 23.1 Å². The lowest BCUT2D eigenvalue weighted by Crippen LogP contribution is -2.65. The number of rotatable bonds is 5. The predicted octanol–water partition coefficient (Wildman–Crippen LogP) is 0.745. The fourth-order valence-corrected chi connectivity index (χ4v) is 6.44. The minimum atomic E-state index is -2.67. The number of aliphatic hydroxyl groups is 3. The molecule has 39 heavy (non-hydrogen) atoms. The summed E-state index contributed by atoms with van der Waals surface area (Å²) in [6.07, 6.45) is 1.83. The molecular weight excluding hydrogens is 504 g/mol. The van der Waals surface area contributed by atoms with Gasteiger partial charge in [-0.2, -0.15) is 0 Å². The van der Waals surface area contributed by atoms with Crippen molar-refractivity contribution in [1.29, 1.82) is 0 Å².